The lowest BCUT2D eigenvalue weighted by molar-refractivity contribution is 0.712. The zero-order valence-corrected chi connectivity index (χ0v) is 16.0. The van der Waals surface area contributed by atoms with E-state index in [1.807, 2.05) is 38.2 Å². The maximum Gasteiger partial charge on any atom is 0.255 e. The molecule has 8 nitrogen and oxygen atoms in total. The molecule has 0 amide bonds. The van der Waals surface area contributed by atoms with Crippen LogP contribution < -0.4 is 16.2 Å². The third kappa shape index (κ3) is 4.16. The van der Waals surface area contributed by atoms with Crippen LogP contribution in [-0.4, -0.2) is 36.8 Å². The van der Waals surface area contributed by atoms with Gasteiger partial charge < -0.3 is 10.6 Å². The lowest BCUT2D eigenvalue weighted by atomic mass is 10.2. The molecule has 0 unspecified atom stereocenters. The highest BCUT2D eigenvalue weighted by Gasteiger charge is 2.25. The van der Waals surface area contributed by atoms with Gasteiger partial charge in [-0.05, 0) is 50.8 Å². The Kier molecular flexibility index (Phi) is 5.01. The molecule has 0 spiro atoms. The van der Waals surface area contributed by atoms with Gasteiger partial charge >= 0.3 is 0 Å². The zero-order chi connectivity index (χ0) is 19.5. The Morgan fingerprint density at radius 2 is 1.79 bits per heavy atom. The van der Waals surface area contributed by atoms with Crippen molar-refractivity contribution in [2.45, 2.75) is 45.2 Å². The number of pyridine rings is 2. The minimum Gasteiger partial charge on any atom is -0.367 e. The van der Waals surface area contributed by atoms with E-state index in [4.69, 9.17) is 0 Å². The van der Waals surface area contributed by atoms with Crippen molar-refractivity contribution < 1.29 is 0 Å². The van der Waals surface area contributed by atoms with Gasteiger partial charge in [-0.25, -0.2) is 9.97 Å². The van der Waals surface area contributed by atoms with Gasteiger partial charge in [-0.15, -0.1) is 5.10 Å². The number of aryl methyl sites for hydroxylation is 2. The second kappa shape index (κ2) is 7.75. The first-order valence-corrected chi connectivity index (χ1v) is 9.42. The molecule has 0 radical (unpaired) electrons. The van der Waals surface area contributed by atoms with E-state index in [1.54, 1.807) is 23.0 Å². The zero-order valence-electron chi connectivity index (χ0n) is 16.0. The second-order valence-electron chi connectivity index (χ2n) is 7.24. The summed E-state index contributed by atoms with van der Waals surface area (Å²) in [4.78, 5) is 20.8. The van der Waals surface area contributed by atoms with Crippen LogP contribution in [0.2, 0.25) is 0 Å². The third-order valence-electron chi connectivity index (χ3n) is 4.88. The summed E-state index contributed by atoms with van der Waals surface area (Å²) < 4.78 is 1.61. The molecule has 3 aromatic rings. The van der Waals surface area contributed by atoms with E-state index in [2.05, 4.69) is 30.8 Å². The van der Waals surface area contributed by atoms with Crippen molar-refractivity contribution in [3.8, 4) is 5.69 Å². The first kappa shape index (κ1) is 18.1. The smallest absolute Gasteiger partial charge is 0.255 e. The Hall–Kier alpha value is -3.29. The van der Waals surface area contributed by atoms with Crippen molar-refractivity contribution >= 4 is 11.8 Å². The molecule has 3 heterocycles. The summed E-state index contributed by atoms with van der Waals surface area (Å²) in [5.74, 6) is 1.38. The molecule has 1 aliphatic rings. The van der Waals surface area contributed by atoms with Crippen LogP contribution in [0.5, 0.6) is 0 Å². The van der Waals surface area contributed by atoms with Gasteiger partial charge in [0.2, 0.25) is 5.95 Å². The first-order valence-electron chi connectivity index (χ1n) is 9.42. The van der Waals surface area contributed by atoms with Crippen LogP contribution in [0.4, 0.5) is 11.8 Å². The normalized spacial score (nSPS) is 18.8. The van der Waals surface area contributed by atoms with Gasteiger partial charge in [0.1, 0.15) is 5.82 Å². The van der Waals surface area contributed by atoms with Gasteiger partial charge in [0.25, 0.3) is 5.56 Å². The van der Waals surface area contributed by atoms with Gasteiger partial charge in [0.05, 0.1) is 23.8 Å². The minimum absolute atomic E-state index is 0.0642. The Balaban J connectivity index is 1.36. The Morgan fingerprint density at radius 1 is 0.964 bits per heavy atom. The maximum absolute atomic E-state index is 12.0. The van der Waals surface area contributed by atoms with Crippen LogP contribution in [-0.2, 0) is 0 Å². The van der Waals surface area contributed by atoms with Gasteiger partial charge in [-0.2, -0.15) is 5.10 Å². The summed E-state index contributed by atoms with van der Waals surface area (Å²) in [6.07, 6.45) is 8.29. The quantitative estimate of drug-likeness (QED) is 0.705. The molecule has 8 heteroatoms. The number of nitrogens with one attached hydrogen (secondary N) is 2. The molecule has 0 saturated heterocycles. The molecule has 28 heavy (non-hydrogen) atoms. The summed E-state index contributed by atoms with van der Waals surface area (Å²) >= 11 is 0. The molecule has 1 saturated carbocycles. The molecule has 2 atom stereocenters. The van der Waals surface area contributed by atoms with E-state index in [1.165, 1.54) is 0 Å². The third-order valence-corrected chi connectivity index (χ3v) is 4.88. The van der Waals surface area contributed by atoms with E-state index >= 15 is 0 Å². The lowest BCUT2D eigenvalue weighted by Crippen LogP contribution is -2.22. The topological polar surface area (TPSA) is 97.6 Å². The predicted octanol–water partition coefficient (Wildman–Crippen LogP) is 2.48. The fourth-order valence-corrected chi connectivity index (χ4v) is 3.44. The summed E-state index contributed by atoms with van der Waals surface area (Å²) in [6, 6.07) is 7.85. The van der Waals surface area contributed by atoms with Crippen molar-refractivity contribution in [1.29, 1.82) is 0 Å². The van der Waals surface area contributed by atoms with E-state index < -0.39 is 0 Å². The molecular formula is C20H23N7O. The van der Waals surface area contributed by atoms with E-state index in [9.17, 15) is 4.79 Å². The summed E-state index contributed by atoms with van der Waals surface area (Å²) in [5, 5.41) is 14.9. The highest BCUT2D eigenvalue weighted by molar-refractivity contribution is 5.42. The van der Waals surface area contributed by atoms with E-state index in [0.29, 0.717) is 18.0 Å². The predicted molar refractivity (Wildman–Crippen MR) is 108 cm³/mol. The Morgan fingerprint density at radius 3 is 2.50 bits per heavy atom. The van der Waals surface area contributed by atoms with Crippen LogP contribution in [0.1, 0.15) is 30.5 Å². The molecule has 144 valence electrons. The van der Waals surface area contributed by atoms with Crippen molar-refractivity contribution in [1.82, 2.24) is 24.7 Å². The molecule has 0 aromatic carbocycles. The minimum atomic E-state index is -0.0642. The molecule has 0 bridgehead atoms. The highest BCUT2D eigenvalue weighted by Crippen LogP contribution is 2.24. The fourth-order valence-electron chi connectivity index (χ4n) is 3.44. The molecule has 0 aliphatic heterocycles. The average molecular weight is 377 g/mol. The highest BCUT2D eigenvalue weighted by atomic mass is 16.1. The van der Waals surface area contributed by atoms with E-state index in [0.717, 1.165) is 42.0 Å². The largest absolute Gasteiger partial charge is 0.367 e. The van der Waals surface area contributed by atoms with Gasteiger partial charge in [0, 0.05) is 24.3 Å². The number of rotatable bonds is 5. The maximum atomic E-state index is 12.0. The van der Waals surface area contributed by atoms with E-state index in [-0.39, 0.29) is 5.56 Å². The van der Waals surface area contributed by atoms with Crippen molar-refractivity contribution in [2.24, 2.45) is 0 Å². The van der Waals surface area contributed by atoms with Crippen molar-refractivity contribution in [3.63, 3.8) is 0 Å². The van der Waals surface area contributed by atoms with Gasteiger partial charge in [-0.3, -0.25) is 9.36 Å². The average Bonchev–Trinajstić information content (AvgIpc) is 3.13. The van der Waals surface area contributed by atoms with Crippen molar-refractivity contribution in [3.05, 3.63) is 64.5 Å². The Bertz CT molecular complexity index is 998. The van der Waals surface area contributed by atoms with Crippen LogP contribution >= 0.6 is 0 Å². The van der Waals surface area contributed by atoms with Crippen LogP contribution in [0.15, 0.2) is 47.7 Å². The molecule has 4 rings (SSSR count). The van der Waals surface area contributed by atoms with Crippen molar-refractivity contribution in [2.75, 3.05) is 10.6 Å². The standard InChI is InChI=1S/C20H23N7O/c1-13-3-8-19(28)27(12-13)17-6-7-18(21-11-17)23-15-4-5-16(9-15)24-20-22-10-14(2)25-26-20/h3,6-8,10-12,15-16H,4-5,9H2,1-2H3,(H,21,23)(H,22,24,26)/t15-,16-/m0/s1. The first-order chi connectivity index (χ1) is 13.6. The van der Waals surface area contributed by atoms with Crippen LogP contribution in [0, 0.1) is 13.8 Å². The van der Waals surface area contributed by atoms with Crippen LogP contribution in [0.25, 0.3) is 5.69 Å². The summed E-state index contributed by atoms with van der Waals surface area (Å²) in [5.41, 5.74) is 2.53. The lowest BCUT2D eigenvalue weighted by Gasteiger charge is -2.15. The van der Waals surface area contributed by atoms with Gasteiger partial charge in [-0.1, -0.05) is 6.07 Å². The summed E-state index contributed by atoms with van der Waals surface area (Å²) in [6.45, 7) is 3.83. The van der Waals surface area contributed by atoms with Crippen LogP contribution in [0.3, 0.4) is 0 Å². The number of hydrogen-bond donors (Lipinski definition) is 2. The number of hydrogen-bond acceptors (Lipinski definition) is 7. The molecule has 1 aliphatic carbocycles. The molecular weight excluding hydrogens is 354 g/mol. The second-order valence-corrected chi connectivity index (χ2v) is 7.24. The molecule has 1 fully saturated rings. The fraction of sp³-hybridized carbons (Fsp3) is 0.350. The number of anilines is 2. The Labute approximate surface area is 163 Å². The van der Waals surface area contributed by atoms with Gasteiger partial charge in [0.15, 0.2) is 0 Å². The number of nitrogens with zero attached hydrogens (tertiary/aromatic N) is 5. The molecule has 2 N–H and O–H groups in total. The monoisotopic (exact) mass is 377 g/mol. The number of aromatic nitrogens is 5. The molecule has 3 aromatic heterocycles. The summed E-state index contributed by atoms with van der Waals surface area (Å²) in [7, 11) is 0. The SMILES string of the molecule is Cc1ccc(=O)n(-c2ccc(N[C@H]3CC[C@H](Nc4ncc(C)nn4)C3)nc2)c1.